The van der Waals surface area contributed by atoms with Crippen molar-refractivity contribution in [1.29, 1.82) is 0 Å². The van der Waals surface area contributed by atoms with E-state index >= 15 is 0 Å². The molecule has 0 saturated heterocycles. The van der Waals surface area contributed by atoms with E-state index in [1.807, 2.05) is 18.3 Å². The van der Waals surface area contributed by atoms with E-state index in [0.29, 0.717) is 13.2 Å². The van der Waals surface area contributed by atoms with Gasteiger partial charge in [-0.15, -0.1) is 0 Å². The van der Waals surface area contributed by atoms with E-state index in [1.54, 1.807) is 6.20 Å². The fourth-order valence-corrected chi connectivity index (χ4v) is 3.87. The van der Waals surface area contributed by atoms with Crippen molar-refractivity contribution in [1.82, 2.24) is 4.98 Å². The Bertz CT molecular complexity index is 745. The number of benzene rings is 1. The lowest BCUT2D eigenvalue weighted by molar-refractivity contribution is 0.0921. The highest BCUT2D eigenvalue weighted by Gasteiger charge is 2.32. The van der Waals surface area contributed by atoms with Crippen LogP contribution < -0.4 is 9.47 Å². The Balaban J connectivity index is 1.92. The number of rotatable bonds is 8. The standard InChI is InChI=1S/C23H31NO3/c1-4-11-26-21-14-20-19(23(16(21)3)27-12-5-2)9-8-18(22(20)25)13-17-7-6-10-24-15-17/h6-7,10,14-15,18,22,25H,4-5,8-9,11-13H2,1-3H3. The third-order valence-electron chi connectivity index (χ3n) is 5.28. The summed E-state index contributed by atoms with van der Waals surface area (Å²) < 4.78 is 12.1. The largest absolute Gasteiger partial charge is 0.493 e. The van der Waals surface area contributed by atoms with Gasteiger partial charge in [-0.2, -0.15) is 0 Å². The van der Waals surface area contributed by atoms with Crippen LogP contribution in [-0.2, 0) is 12.8 Å². The fraction of sp³-hybridized carbons (Fsp3) is 0.522. The van der Waals surface area contributed by atoms with Gasteiger partial charge in [0.15, 0.2) is 0 Å². The maximum atomic E-state index is 11.1. The molecule has 4 heteroatoms. The van der Waals surface area contributed by atoms with Crippen molar-refractivity contribution in [2.45, 2.75) is 59.0 Å². The molecular weight excluding hydrogens is 338 g/mol. The van der Waals surface area contributed by atoms with Crippen LogP contribution in [0.15, 0.2) is 30.6 Å². The molecule has 1 aliphatic rings. The van der Waals surface area contributed by atoms with Crippen LogP contribution in [0.1, 0.15) is 61.5 Å². The van der Waals surface area contributed by atoms with Crippen LogP contribution >= 0.6 is 0 Å². The minimum atomic E-state index is -0.512. The molecule has 0 spiro atoms. The highest BCUT2D eigenvalue weighted by atomic mass is 16.5. The molecule has 27 heavy (non-hydrogen) atoms. The highest BCUT2D eigenvalue weighted by Crippen LogP contribution is 2.45. The SMILES string of the molecule is CCCOc1cc2c(c(OCCC)c1C)CCC(Cc1cccnc1)C2O. The molecule has 3 rings (SSSR count). The summed E-state index contributed by atoms with van der Waals surface area (Å²) in [6, 6.07) is 6.07. The average molecular weight is 370 g/mol. The second-order valence-electron chi connectivity index (χ2n) is 7.40. The molecule has 0 fully saturated rings. The van der Waals surface area contributed by atoms with Crippen LogP contribution in [0, 0.1) is 12.8 Å². The monoisotopic (exact) mass is 369 g/mol. The first-order valence-corrected chi connectivity index (χ1v) is 10.1. The maximum absolute atomic E-state index is 11.1. The molecule has 1 aromatic heterocycles. The first kappa shape index (κ1) is 19.7. The number of aliphatic hydroxyl groups is 1. The summed E-state index contributed by atoms with van der Waals surface area (Å²) in [6.07, 6.45) is 7.78. The summed E-state index contributed by atoms with van der Waals surface area (Å²) in [5, 5.41) is 11.1. The van der Waals surface area contributed by atoms with Gasteiger partial charge in [0.05, 0.1) is 19.3 Å². The first-order chi connectivity index (χ1) is 13.2. The van der Waals surface area contributed by atoms with Gasteiger partial charge >= 0.3 is 0 Å². The Kier molecular flexibility index (Phi) is 6.73. The lowest BCUT2D eigenvalue weighted by Gasteiger charge is -2.32. The molecule has 0 radical (unpaired) electrons. The van der Waals surface area contributed by atoms with Gasteiger partial charge in [-0.05, 0) is 68.2 Å². The van der Waals surface area contributed by atoms with E-state index in [1.165, 1.54) is 5.56 Å². The highest BCUT2D eigenvalue weighted by molar-refractivity contribution is 5.55. The van der Waals surface area contributed by atoms with Crippen LogP contribution in [0.3, 0.4) is 0 Å². The number of hydrogen-bond acceptors (Lipinski definition) is 4. The van der Waals surface area contributed by atoms with Gasteiger partial charge in [0.25, 0.3) is 0 Å². The molecule has 0 bridgehead atoms. The number of hydrogen-bond donors (Lipinski definition) is 1. The first-order valence-electron chi connectivity index (χ1n) is 10.1. The van der Waals surface area contributed by atoms with E-state index in [0.717, 1.165) is 60.3 Å². The molecule has 2 atom stereocenters. The normalized spacial score (nSPS) is 18.8. The van der Waals surface area contributed by atoms with Gasteiger partial charge in [0, 0.05) is 23.5 Å². The molecule has 0 aliphatic heterocycles. The number of aliphatic hydroxyl groups excluding tert-OH is 1. The van der Waals surface area contributed by atoms with Crippen LogP contribution in [0.25, 0.3) is 0 Å². The van der Waals surface area contributed by atoms with Gasteiger partial charge in [-0.1, -0.05) is 19.9 Å². The van der Waals surface area contributed by atoms with Gasteiger partial charge in [-0.3, -0.25) is 4.98 Å². The molecule has 0 saturated carbocycles. The molecule has 2 aromatic rings. The number of fused-ring (bicyclic) bond motifs is 1. The molecule has 146 valence electrons. The number of pyridine rings is 1. The Morgan fingerprint density at radius 2 is 1.96 bits per heavy atom. The van der Waals surface area contributed by atoms with E-state index in [-0.39, 0.29) is 5.92 Å². The van der Waals surface area contributed by atoms with Crippen molar-refractivity contribution < 1.29 is 14.6 Å². The zero-order chi connectivity index (χ0) is 19.2. The summed E-state index contributed by atoms with van der Waals surface area (Å²) in [4.78, 5) is 4.21. The maximum Gasteiger partial charge on any atom is 0.129 e. The van der Waals surface area contributed by atoms with E-state index < -0.39 is 6.10 Å². The summed E-state index contributed by atoms with van der Waals surface area (Å²) in [6.45, 7) is 7.62. The lowest BCUT2D eigenvalue weighted by atomic mass is 9.77. The third-order valence-corrected chi connectivity index (χ3v) is 5.28. The molecule has 1 heterocycles. The van der Waals surface area contributed by atoms with Crippen molar-refractivity contribution >= 4 is 0 Å². The average Bonchev–Trinajstić information content (AvgIpc) is 2.69. The Morgan fingerprint density at radius 3 is 2.67 bits per heavy atom. The number of nitrogens with zero attached hydrogens (tertiary/aromatic N) is 1. The summed E-state index contributed by atoms with van der Waals surface area (Å²) in [7, 11) is 0. The zero-order valence-electron chi connectivity index (χ0n) is 16.7. The zero-order valence-corrected chi connectivity index (χ0v) is 16.7. The molecule has 4 nitrogen and oxygen atoms in total. The van der Waals surface area contributed by atoms with Crippen molar-refractivity contribution in [2.75, 3.05) is 13.2 Å². The van der Waals surface area contributed by atoms with Crippen LogP contribution in [0.5, 0.6) is 11.5 Å². The van der Waals surface area contributed by atoms with Crippen LogP contribution in [0.4, 0.5) is 0 Å². The van der Waals surface area contributed by atoms with Crippen LogP contribution in [0.2, 0.25) is 0 Å². The molecule has 1 aromatic carbocycles. The lowest BCUT2D eigenvalue weighted by Crippen LogP contribution is -2.24. The second kappa shape index (κ2) is 9.23. The Hall–Kier alpha value is -2.07. The number of ether oxygens (including phenoxy) is 2. The Labute approximate surface area is 162 Å². The van der Waals surface area contributed by atoms with E-state index in [9.17, 15) is 5.11 Å². The van der Waals surface area contributed by atoms with Crippen molar-refractivity contribution in [2.24, 2.45) is 5.92 Å². The fourth-order valence-electron chi connectivity index (χ4n) is 3.87. The van der Waals surface area contributed by atoms with E-state index in [4.69, 9.17) is 9.47 Å². The molecule has 1 N–H and O–H groups in total. The predicted octanol–water partition coefficient (Wildman–Crippen LogP) is 4.81. The summed E-state index contributed by atoms with van der Waals surface area (Å²) in [5.41, 5.74) is 4.34. The molecular formula is C23H31NO3. The topological polar surface area (TPSA) is 51.6 Å². The molecule has 0 amide bonds. The molecule has 2 unspecified atom stereocenters. The van der Waals surface area contributed by atoms with Gasteiger partial charge in [0.2, 0.25) is 0 Å². The quantitative estimate of drug-likeness (QED) is 0.726. The third kappa shape index (κ3) is 4.44. The summed E-state index contributed by atoms with van der Waals surface area (Å²) in [5.74, 6) is 1.93. The van der Waals surface area contributed by atoms with E-state index in [2.05, 4.69) is 31.8 Å². The van der Waals surface area contributed by atoms with Gasteiger partial charge in [-0.25, -0.2) is 0 Å². The predicted molar refractivity (Wildman–Crippen MR) is 107 cm³/mol. The summed E-state index contributed by atoms with van der Waals surface area (Å²) >= 11 is 0. The minimum absolute atomic E-state index is 0.183. The minimum Gasteiger partial charge on any atom is -0.493 e. The van der Waals surface area contributed by atoms with Crippen molar-refractivity contribution in [3.05, 3.63) is 52.8 Å². The van der Waals surface area contributed by atoms with Crippen LogP contribution in [-0.4, -0.2) is 23.3 Å². The Morgan fingerprint density at radius 1 is 1.19 bits per heavy atom. The second-order valence-corrected chi connectivity index (χ2v) is 7.40. The number of aromatic nitrogens is 1. The molecule has 1 aliphatic carbocycles. The smallest absolute Gasteiger partial charge is 0.129 e. The van der Waals surface area contributed by atoms with Gasteiger partial charge in [0.1, 0.15) is 11.5 Å². The van der Waals surface area contributed by atoms with Crippen molar-refractivity contribution in [3.8, 4) is 11.5 Å². The van der Waals surface area contributed by atoms with Gasteiger partial charge < -0.3 is 14.6 Å². The van der Waals surface area contributed by atoms with Crippen molar-refractivity contribution in [3.63, 3.8) is 0 Å².